The van der Waals surface area contributed by atoms with Gasteiger partial charge in [-0.15, -0.1) is 11.3 Å². The molecule has 11 aromatic carbocycles. The Morgan fingerprint density at radius 1 is 0.400 bits per heavy atom. The molecule has 4 heterocycles. The Morgan fingerprint density at radius 2 is 1.07 bits per heavy atom. The van der Waals surface area contributed by atoms with Gasteiger partial charge in [-0.2, -0.15) is 0 Å². The van der Waals surface area contributed by atoms with Crippen LogP contribution in [0.3, 0.4) is 0 Å². The molecule has 0 radical (unpaired) electrons. The summed E-state index contributed by atoms with van der Waals surface area (Å²) in [4.78, 5) is 17.0. The van der Waals surface area contributed by atoms with Gasteiger partial charge in [0.2, 0.25) is 0 Å². The van der Waals surface area contributed by atoms with Gasteiger partial charge in [0.15, 0.2) is 17.5 Å². The minimum absolute atomic E-state index is 0.255. The molecule has 1 unspecified atom stereocenters. The SMILES string of the molecule is C1=CCC(c2cccc(-c3nc(-c4ccc5c6ccccc6n(-c6ccccc6)c5c4)nc(-c4c(-n5c6cc7ccccc7cc6c6c7ccccc7ccc65)c5c6ccccc6sc5c5ccccc45)n3)c2)C=C1. The van der Waals surface area contributed by atoms with Crippen LogP contribution in [0.5, 0.6) is 0 Å². The highest BCUT2D eigenvalue weighted by Crippen LogP contribution is 2.50. The number of para-hydroxylation sites is 2. The molecule has 0 amide bonds. The topological polar surface area (TPSA) is 48.5 Å². The zero-order valence-corrected chi connectivity index (χ0v) is 41.3. The Kier molecular flexibility index (Phi) is 9.26. The van der Waals surface area contributed by atoms with Gasteiger partial charge in [0.1, 0.15) is 0 Å². The smallest absolute Gasteiger partial charge is 0.166 e. The highest BCUT2D eigenvalue weighted by molar-refractivity contribution is 7.26. The van der Waals surface area contributed by atoms with Crippen LogP contribution in [-0.2, 0) is 0 Å². The van der Waals surface area contributed by atoms with Gasteiger partial charge >= 0.3 is 0 Å². The van der Waals surface area contributed by atoms with Crippen molar-refractivity contribution >= 4 is 107 Å². The van der Waals surface area contributed by atoms with E-state index >= 15 is 0 Å². The molecule has 5 nitrogen and oxygen atoms in total. The maximum atomic E-state index is 5.77. The summed E-state index contributed by atoms with van der Waals surface area (Å²) in [6, 6.07) is 79.6. The van der Waals surface area contributed by atoms with Gasteiger partial charge in [0.25, 0.3) is 0 Å². The minimum Gasteiger partial charge on any atom is -0.309 e. The molecule has 0 spiro atoms. The van der Waals surface area contributed by atoms with Crippen LogP contribution in [0, 0.1) is 0 Å². The van der Waals surface area contributed by atoms with Crippen LogP contribution in [0.25, 0.3) is 142 Å². The van der Waals surface area contributed by atoms with Crippen LogP contribution in [0.4, 0.5) is 0 Å². The summed E-state index contributed by atoms with van der Waals surface area (Å²) in [5.41, 5.74) is 10.7. The molecule has 0 aliphatic heterocycles. The van der Waals surface area contributed by atoms with Crippen LogP contribution >= 0.6 is 11.3 Å². The molecule has 1 atom stereocenters. The van der Waals surface area contributed by atoms with E-state index in [0.717, 1.165) is 61.9 Å². The molecule has 0 N–H and O–H groups in total. The highest BCUT2D eigenvalue weighted by Gasteiger charge is 2.28. The molecular weight excluding hydrogens is 931 g/mol. The predicted molar refractivity (Wildman–Crippen MR) is 316 cm³/mol. The number of benzene rings is 11. The summed E-state index contributed by atoms with van der Waals surface area (Å²) in [6.07, 6.45) is 9.77. The third-order valence-electron chi connectivity index (χ3n) is 15.6. The van der Waals surface area contributed by atoms with E-state index in [1.54, 1.807) is 0 Å². The fourth-order valence-corrected chi connectivity index (χ4v) is 13.5. The van der Waals surface area contributed by atoms with E-state index in [-0.39, 0.29) is 5.92 Å². The number of thiophene rings is 1. The van der Waals surface area contributed by atoms with Gasteiger partial charge in [0, 0.05) is 69.8 Å². The molecule has 4 aromatic heterocycles. The molecule has 350 valence electrons. The van der Waals surface area contributed by atoms with Crippen molar-refractivity contribution in [3.63, 3.8) is 0 Å². The first-order valence-corrected chi connectivity index (χ1v) is 26.5. The van der Waals surface area contributed by atoms with Crippen LogP contribution in [0.1, 0.15) is 17.9 Å². The van der Waals surface area contributed by atoms with Crippen molar-refractivity contribution in [1.82, 2.24) is 24.1 Å². The first-order chi connectivity index (χ1) is 37.2. The molecule has 1 aliphatic rings. The van der Waals surface area contributed by atoms with Crippen LogP contribution < -0.4 is 0 Å². The van der Waals surface area contributed by atoms with E-state index < -0.39 is 0 Å². The minimum atomic E-state index is 0.255. The lowest BCUT2D eigenvalue weighted by atomic mass is 9.91. The standard InChI is InChI=1S/C69H43N5S/c1-3-18-42(19-4-1)44-23-17-24-47(38-44)67-70-68(48-34-36-52-51-28-13-15-32-57(51)73(59(52)41-48)49-25-5-2-6-26-49)72-69(71-67)64-53-29-11-12-30-54(53)66-63(55-31-14-16-33-61(55)75-66)65(64)74-58-37-35-43-20-9-10-27-50(43)62(58)56-39-45-21-7-8-22-46(45)40-60(56)74/h1-18,20-42H,19H2. The van der Waals surface area contributed by atoms with Crippen molar-refractivity contribution in [3.05, 3.63) is 248 Å². The second kappa shape index (κ2) is 16.5. The van der Waals surface area contributed by atoms with Crippen molar-refractivity contribution in [2.75, 3.05) is 0 Å². The molecule has 15 aromatic rings. The summed E-state index contributed by atoms with van der Waals surface area (Å²) in [5, 5.41) is 14.2. The van der Waals surface area contributed by atoms with E-state index in [9.17, 15) is 0 Å². The van der Waals surface area contributed by atoms with Crippen LogP contribution in [-0.4, -0.2) is 24.1 Å². The average Bonchev–Trinajstić information content (AvgIpc) is 4.15. The third kappa shape index (κ3) is 6.46. The Hall–Kier alpha value is -9.49. The first kappa shape index (κ1) is 42.1. The van der Waals surface area contributed by atoms with Gasteiger partial charge < -0.3 is 9.13 Å². The zero-order valence-electron chi connectivity index (χ0n) is 40.5. The molecule has 0 saturated heterocycles. The lowest BCUT2D eigenvalue weighted by Crippen LogP contribution is -2.05. The lowest BCUT2D eigenvalue weighted by Gasteiger charge is -2.19. The van der Waals surface area contributed by atoms with Gasteiger partial charge in [-0.25, -0.2) is 15.0 Å². The van der Waals surface area contributed by atoms with E-state index in [4.69, 9.17) is 15.0 Å². The molecule has 0 bridgehead atoms. The van der Waals surface area contributed by atoms with Gasteiger partial charge in [-0.1, -0.05) is 188 Å². The van der Waals surface area contributed by atoms with E-state index in [1.165, 1.54) is 74.2 Å². The normalized spacial score (nSPS) is 13.8. The van der Waals surface area contributed by atoms with E-state index in [1.807, 2.05) is 11.3 Å². The Balaban J connectivity index is 1.06. The molecule has 0 fully saturated rings. The van der Waals surface area contributed by atoms with Crippen LogP contribution in [0.2, 0.25) is 0 Å². The number of allylic oxidation sites excluding steroid dienone is 4. The van der Waals surface area contributed by atoms with Crippen molar-refractivity contribution in [2.45, 2.75) is 12.3 Å². The van der Waals surface area contributed by atoms with Gasteiger partial charge in [-0.3, -0.25) is 0 Å². The first-order valence-electron chi connectivity index (χ1n) is 25.7. The number of hydrogen-bond donors (Lipinski definition) is 0. The number of nitrogens with zero attached hydrogens (tertiary/aromatic N) is 5. The summed E-state index contributed by atoms with van der Waals surface area (Å²) in [7, 11) is 0. The number of fused-ring (bicyclic) bond motifs is 14. The zero-order chi connectivity index (χ0) is 49.1. The summed E-state index contributed by atoms with van der Waals surface area (Å²) in [6.45, 7) is 0. The Bertz CT molecular complexity index is 4940. The monoisotopic (exact) mass is 973 g/mol. The summed E-state index contributed by atoms with van der Waals surface area (Å²) >= 11 is 1.86. The molecule has 6 heteroatoms. The fraction of sp³-hybridized carbons (Fsp3) is 0.0290. The summed E-state index contributed by atoms with van der Waals surface area (Å²) < 4.78 is 7.38. The largest absolute Gasteiger partial charge is 0.309 e. The fourth-order valence-electron chi connectivity index (χ4n) is 12.2. The maximum Gasteiger partial charge on any atom is 0.166 e. The van der Waals surface area contributed by atoms with Crippen molar-refractivity contribution in [2.24, 2.45) is 0 Å². The second-order valence-corrected chi connectivity index (χ2v) is 20.9. The number of aromatic nitrogens is 5. The van der Waals surface area contributed by atoms with Gasteiger partial charge in [0.05, 0.1) is 33.3 Å². The lowest BCUT2D eigenvalue weighted by molar-refractivity contribution is 0.854. The molecule has 1 aliphatic carbocycles. The second-order valence-electron chi connectivity index (χ2n) is 19.8. The summed E-state index contributed by atoms with van der Waals surface area (Å²) in [5.74, 6) is 2.10. The third-order valence-corrected chi connectivity index (χ3v) is 16.8. The molecule has 16 rings (SSSR count). The maximum absolute atomic E-state index is 5.77. The average molecular weight is 974 g/mol. The number of hydrogen-bond acceptors (Lipinski definition) is 4. The van der Waals surface area contributed by atoms with Crippen molar-refractivity contribution < 1.29 is 0 Å². The molecular formula is C69H43N5S. The quantitative estimate of drug-likeness (QED) is 0.167. The highest BCUT2D eigenvalue weighted by atomic mass is 32.1. The van der Waals surface area contributed by atoms with Gasteiger partial charge in [-0.05, 0) is 93.5 Å². The Morgan fingerprint density at radius 3 is 1.89 bits per heavy atom. The van der Waals surface area contributed by atoms with Crippen molar-refractivity contribution in [1.29, 1.82) is 0 Å². The predicted octanol–water partition coefficient (Wildman–Crippen LogP) is 18.5. The van der Waals surface area contributed by atoms with Crippen molar-refractivity contribution in [3.8, 4) is 45.5 Å². The Labute approximate surface area is 435 Å². The van der Waals surface area contributed by atoms with E-state index in [0.29, 0.717) is 17.5 Å². The van der Waals surface area contributed by atoms with Crippen LogP contribution in [0.15, 0.2) is 243 Å². The molecule has 0 saturated carbocycles. The molecule has 75 heavy (non-hydrogen) atoms. The van der Waals surface area contributed by atoms with E-state index in [2.05, 4.69) is 252 Å². The number of rotatable bonds is 6.